The number of carboxylic acid groups (broad SMARTS) is 1. The van der Waals surface area contributed by atoms with Crippen LogP contribution in [0.4, 0.5) is 5.13 Å². The van der Waals surface area contributed by atoms with Crippen LogP contribution in [0.5, 0.6) is 0 Å². The number of hydrogen-bond donors (Lipinski definition) is 2. The summed E-state index contributed by atoms with van der Waals surface area (Å²) in [5.74, 6) is -1.61. The first-order chi connectivity index (χ1) is 9.40. The molecule has 0 fully saturated rings. The molecule has 7 heteroatoms. The van der Waals surface area contributed by atoms with Gasteiger partial charge in [-0.3, -0.25) is 10.1 Å². The van der Waals surface area contributed by atoms with Crippen molar-refractivity contribution in [3.05, 3.63) is 39.4 Å². The first-order valence-electron chi connectivity index (χ1n) is 5.85. The number of amides is 1. The van der Waals surface area contributed by atoms with E-state index in [1.165, 1.54) is 11.3 Å². The number of carbonyl (C=O) groups is 2. The maximum Gasteiger partial charge on any atom is 0.336 e. The highest BCUT2D eigenvalue weighted by Crippen LogP contribution is 2.21. The van der Waals surface area contributed by atoms with Gasteiger partial charge in [0.15, 0.2) is 0 Å². The summed E-state index contributed by atoms with van der Waals surface area (Å²) in [6.45, 7) is 5.13. The highest BCUT2D eigenvalue weighted by atomic mass is 32.1. The molecule has 0 aliphatic carbocycles. The second-order valence-corrected chi connectivity index (χ2v) is 5.52. The molecule has 0 spiro atoms. The van der Waals surface area contributed by atoms with Crippen LogP contribution in [-0.4, -0.2) is 27.2 Å². The highest BCUT2D eigenvalue weighted by Gasteiger charge is 2.22. The summed E-state index contributed by atoms with van der Waals surface area (Å²) in [6, 6.07) is 3.41. The molecule has 1 aromatic heterocycles. The van der Waals surface area contributed by atoms with Gasteiger partial charge >= 0.3 is 5.97 Å². The van der Waals surface area contributed by atoms with Crippen LogP contribution in [0.3, 0.4) is 0 Å². The molecule has 1 aromatic carbocycles. The van der Waals surface area contributed by atoms with Crippen LogP contribution in [0.1, 0.15) is 36.9 Å². The third-order valence-corrected chi connectivity index (χ3v) is 3.56. The molecule has 0 unspecified atom stereocenters. The van der Waals surface area contributed by atoms with Crippen LogP contribution in [-0.2, 0) is 0 Å². The molecule has 0 aliphatic heterocycles. The standard InChI is InChI=1S/C13H13N3O3S/c1-6-4-5-7(2)10(12(18)19)9(6)11(17)14-13-16-15-8(3)20-13/h4-5H,1-3H3,(H,18,19)(H,14,16,17). The van der Waals surface area contributed by atoms with E-state index in [2.05, 4.69) is 15.5 Å². The number of aryl methyl sites for hydroxylation is 3. The van der Waals surface area contributed by atoms with Crippen molar-refractivity contribution < 1.29 is 14.7 Å². The fourth-order valence-electron chi connectivity index (χ4n) is 1.89. The molecular formula is C13H13N3O3S. The summed E-state index contributed by atoms with van der Waals surface area (Å²) < 4.78 is 0. The minimum atomic E-state index is -1.12. The Balaban J connectivity index is 2.43. The number of aromatic nitrogens is 2. The Labute approximate surface area is 119 Å². The number of nitrogens with zero attached hydrogens (tertiary/aromatic N) is 2. The normalized spacial score (nSPS) is 10.3. The van der Waals surface area contributed by atoms with Gasteiger partial charge in [0.25, 0.3) is 5.91 Å². The van der Waals surface area contributed by atoms with Gasteiger partial charge in [-0.05, 0) is 31.9 Å². The fourth-order valence-corrected chi connectivity index (χ4v) is 2.47. The first-order valence-corrected chi connectivity index (χ1v) is 6.66. The third-order valence-electron chi connectivity index (χ3n) is 2.81. The molecule has 6 nitrogen and oxygen atoms in total. The summed E-state index contributed by atoms with van der Waals surface area (Å²) in [4.78, 5) is 23.6. The number of carbonyl (C=O) groups excluding carboxylic acids is 1. The zero-order valence-corrected chi connectivity index (χ0v) is 12.0. The minimum absolute atomic E-state index is 0.0173. The van der Waals surface area contributed by atoms with Gasteiger partial charge in [0.2, 0.25) is 5.13 Å². The third kappa shape index (κ3) is 2.67. The number of benzene rings is 1. The minimum Gasteiger partial charge on any atom is -0.478 e. The van der Waals surface area contributed by atoms with Gasteiger partial charge in [0.05, 0.1) is 11.1 Å². The van der Waals surface area contributed by atoms with Crippen molar-refractivity contribution in [3.8, 4) is 0 Å². The Kier molecular flexibility index (Phi) is 3.80. The van der Waals surface area contributed by atoms with E-state index in [1.54, 1.807) is 32.9 Å². The van der Waals surface area contributed by atoms with E-state index in [4.69, 9.17) is 0 Å². The van der Waals surface area contributed by atoms with Gasteiger partial charge in [-0.2, -0.15) is 0 Å². The number of hydrogen-bond acceptors (Lipinski definition) is 5. The lowest BCUT2D eigenvalue weighted by Crippen LogP contribution is -2.19. The summed E-state index contributed by atoms with van der Waals surface area (Å²) in [5, 5.41) is 20.5. The average Bonchev–Trinajstić information content (AvgIpc) is 2.76. The second kappa shape index (κ2) is 5.38. The maximum absolute atomic E-state index is 12.3. The zero-order chi connectivity index (χ0) is 14.9. The molecule has 0 atom stereocenters. The molecule has 0 saturated heterocycles. The van der Waals surface area contributed by atoms with Crippen molar-refractivity contribution in [2.75, 3.05) is 5.32 Å². The average molecular weight is 291 g/mol. The predicted molar refractivity (Wildman–Crippen MR) is 75.5 cm³/mol. The topological polar surface area (TPSA) is 92.2 Å². The van der Waals surface area contributed by atoms with Gasteiger partial charge in [0.1, 0.15) is 5.01 Å². The number of rotatable bonds is 3. The molecule has 2 aromatic rings. The number of nitrogens with one attached hydrogen (secondary N) is 1. The van der Waals surface area contributed by atoms with Crippen LogP contribution in [0, 0.1) is 20.8 Å². The largest absolute Gasteiger partial charge is 0.478 e. The number of anilines is 1. The maximum atomic E-state index is 12.3. The Morgan fingerprint density at radius 2 is 1.70 bits per heavy atom. The smallest absolute Gasteiger partial charge is 0.336 e. The van der Waals surface area contributed by atoms with E-state index >= 15 is 0 Å². The van der Waals surface area contributed by atoms with E-state index < -0.39 is 11.9 Å². The first kappa shape index (κ1) is 14.1. The molecule has 20 heavy (non-hydrogen) atoms. The van der Waals surface area contributed by atoms with E-state index in [1.807, 2.05) is 0 Å². The van der Waals surface area contributed by atoms with E-state index in [0.29, 0.717) is 16.3 Å². The molecule has 2 N–H and O–H groups in total. The van der Waals surface area contributed by atoms with Crippen molar-refractivity contribution in [2.45, 2.75) is 20.8 Å². The number of aromatic carboxylic acids is 1. The van der Waals surface area contributed by atoms with Gasteiger partial charge in [0, 0.05) is 0 Å². The fraction of sp³-hybridized carbons (Fsp3) is 0.231. The SMILES string of the molecule is Cc1nnc(NC(=O)c2c(C)ccc(C)c2C(=O)O)s1. The lowest BCUT2D eigenvalue weighted by Gasteiger charge is -2.11. The van der Waals surface area contributed by atoms with Crippen molar-refractivity contribution in [1.29, 1.82) is 0 Å². The monoisotopic (exact) mass is 291 g/mol. The Morgan fingerprint density at radius 1 is 1.10 bits per heavy atom. The van der Waals surface area contributed by atoms with Crippen molar-refractivity contribution in [1.82, 2.24) is 10.2 Å². The molecule has 0 saturated carbocycles. The molecule has 1 amide bonds. The quantitative estimate of drug-likeness (QED) is 0.906. The van der Waals surface area contributed by atoms with Crippen LogP contribution in [0.2, 0.25) is 0 Å². The van der Waals surface area contributed by atoms with E-state index in [0.717, 1.165) is 5.01 Å². The molecule has 2 rings (SSSR count). The van der Waals surface area contributed by atoms with E-state index in [9.17, 15) is 14.7 Å². The van der Waals surface area contributed by atoms with Crippen LogP contribution in [0.25, 0.3) is 0 Å². The van der Waals surface area contributed by atoms with Gasteiger partial charge in [-0.1, -0.05) is 23.5 Å². The van der Waals surface area contributed by atoms with Crippen LogP contribution in [0.15, 0.2) is 12.1 Å². The molecule has 0 radical (unpaired) electrons. The Bertz CT molecular complexity index is 694. The lowest BCUT2D eigenvalue weighted by atomic mass is 9.96. The van der Waals surface area contributed by atoms with E-state index in [-0.39, 0.29) is 11.1 Å². The molecule has 0 bridgehead atoms. The molecule has 104 valence electrons. The van der Waals surface area contributed by atoms with Gasteiger partial charge in [-0.25, -0.2) is 4.79 Å². The van der Waals surface area contributed by atoms with Crippen LogP contribution < -0.4 is 5.32 Å². The predicted octanol–water partition coefficient (Wildman–Crippen LogP) is 2.41. The van der Waals surface area contributed by atoms with Crippen LogP contribution >= 0.6 is 11.3 Å². The van der Waals surface area contributed by atoms with Crippen molar-refractivity contribution >= 4 is 28.3 Å². The Morgan fingerprint density at radius 3 is 2.20 bits per heavy atom. The Hall–Kier alpha value is -2.28. The zero-order valence-electron chi connectivity index (χ0n) is 11.2. The van der Waals surface area contributed by atoms with Crippen molar-refractivity contribution in [3.63, 3.8) is 0 Å². The summed E-state index contributed by atoms with van der Waals surface area (Å²) >= 11 is 1.23. The summed E-state index contributed by atoms with van der Waals surface area (Å²) in [7, 11) is 0. The summed E-state index contributed by atoms with van der Waals surface area (Å²) in [5.41, 5.74) is 1.32. The lowest BCUT2D eigenvalue weighted by molar-refractivity contribution is 0.0691. The van der Waals surface area contributed by atoms with Gasteiger partial charge < -0.3 is 5.11 Å². The molecule has 1 heterocycles. The van der Waals surface area contributed by atoms with Crippen molar-refractivity contribution in [2.24, 2.45) is 0 Å². The highest BCUT2D eigenvalue weighted by molar-refractivity contribution is 7.15. The molecule has 0 aliphatic rings. The number of carboxylic acids is 1. The molecular weight excluding hydrogens is 278 g/mol. The second-order valence-electron chi connectivity index (χ2n) is 4.33. The summed E-state index contributed by atoms with van der Waals surface area (Å²) in [6.07, 6.45) is 0. The van der Waals surface area contributed by atoms with Gasteiger partial charge in [-0.15, -0.1) is 10.2 Å².